The number of benzene rings is 1. The molecule has 1 saturated carbocycles. The van der Waals surface area contributed by atoms with Crippen molar-refractivity contribution in [2.24, 2.45) is 0 Å². The first-order valence-corrected chi connectivity index (χ1v) is 5.36. The summed E-state index contributed by atoms with van der Waals surface area (Å²) in [7, 11) is 0. The molecule has 0 aliphatic heterocycles. The highest BCUT2D eigenvalue weighted by atomic mass is 35.5. The molecule has 0 atom stereocenters. The Labute approximate surface area is 93.8 Å². The summed E-state index contributed by atoms with van der Waals surface area (Å²) in [5, 5.41) is 6.58. The molecule has 0 spiro atoms. The lowest BCUT2D eigenvalue weighted by molar-refractivity contribution is -0.114. The van der Waals surface area contributed by atoms with Crippen molar-refractivity contribution in [3.63, 3.8) is 0 Å². The highest BCUT2D eigenvalue weighted by molar-refractivity contribution is 6.34. The van der Waals surface area contributed by atoms with E-state index in [2.05, 4.69) is 10.6 Å². The average Bonchev–Trinajstić information content (AvgIpc) is 2.93. The summed E-state index contributed by atoms with van der Waals surface area (Å²) < 4.78 is 0. The van der Waals surface area contributed by atoms with Crippen LogP contribution in [0, 0.1) is 0 Å². The fourth-order valence-corrected chi connectivity index (χ4v) is 1.59. The van der Waals surface area contributed by atoms with E-state index >= 15 is 0 Å². The zero-order valence-electron chi connectivity index (χ0n) is 8.51. The van der Waals surface area contributed by atoms with Crippen LogP contribution in [0.5, 0.6) is 0 Å². The molecule has 4 heteroatoms. The minimum Gasteiger partial charge on any atom is -0.382 e. The molecule has 1 aliphatic rings. The molecule has 80 valence electrons. The summed E-state index contributed by atoms with van der Waals surface area (Å²) in [6.07, 6.45) is 2.45. The maximum atomic E-state index is 10.9. The SMILES string of the molecule is CC(=O)Nc1ccc(NC2CC2)cc1Cl. The number of carbonyl (C=O) groups is 1. The lowest BCUT2D eigenvalue weighted by Crippen LogP contribution is -2.07. The van der Waals surface area contributed by atoms with Gasteiger partial charge in [0.15, 0.2) is 0 Å². The highest BCUT2D eigenvalue weighted by Gasteiger charge is 2.20. The van der Waals surface area contributed by atoms with E-state index in [1.54, 1.807) is 0 Å². The number of hydrogen-bond donors (Lipinski definition) is 2. The maximum Gasteiger partial charge on any atom is 0.221 e. The molecule has 0 bridgehead atoms. The molecule has 2 rings (SSSR count). The van der Waals surface area contributed by atoms with Crippen molar-refractivity contribution in [3.8, 4) is 0 Å². The Hall–Kier alpha value is -1.22. The van der Waals surface area contributed by atoms with Gasteiger partial charge in [-0.2, -0.15) is 0 Å². The van der Waals surface area contributed by atoms with Gasteiger partial charge in [0, 0.05) is 18.7 Å². The molecule has 1 fully saturated rings. The predicted molar refractivity (Wildman–Crippen MR) is 62.4 cm³/mol. The summed E-state index contributed by atoms with van der Waals surface area (Å²) in [6.45, 7) is 1.46. The van der Waals surface area contributed by atoms with Gasteiger partial charge in [-0.15, -0.1) is 0 Å². The van der Waals surface area contributed by atoms with Gasteiger partial charge in [-0.25, -0.2) is 0 Å². The van der Waals surface area contributed by atoms with E-state index in [1.807, 2.05) is 18.2 Å². The zero-order chi connectivity index (χ0) is 10.8. The summed E-state index contributed by atoms with van der Waals surface area (Å²) >= 11 is 6.02. The number of amides is 1. The second kappa shape index (κ2) is 4.11. The van der Waals surface area contributed by atoms with E-state index in [9.17, 15) is 4.79 Å². The Morgan fingerprint density at radius 3 is 2.73 bits per heavy atom. The normalized spacial score (nSPS) is 14.8. The van der Waals surface area contributed by atoms with Crippen molar-refractivity contribution >= 4 is 28.9 Å². The molecule has 1 aromatic rings. The summed E-state index contributed by atoms with van der Waals surface area (Å²) in [4.78, 5) is 10.9. The summed E-state index contributed by atoms with van der Waals surface area (Å²) in [6, 6.07) is 6.18. The molecule has 1 aliphatic carbocycles. The van der Waals surface area contributed by atoms with Gasteiger partial charge >= 0.3 is 0 Å². The van der Waals surface area contributed by atoms with Crippen LogP contribution in [-0.2, 0) is 4.79 Å². The Kier molecular flexibility index (Phi) is 2.82. The van der Waals surface area contributed by atoms with Crippen LogP contribution in [0.2, 0.25) is 5.02 Å². The topological polar surface area (TPSA) is 41.1 Å². The number of halogens is 1. The average molecular weight is 225 g/mol. The fraction of sp³-hybridized carbons (Fsp3) is 0.364. The molecule has 1 amide bonds. The Morgan fingerprint density at radius 1 is 1.47 bits per heavy atom. The monoisotopic (exact) mass is 224 g/mol. The minimum absolute atomic E-state index is 0.111. The van der Waals surface area contributed by atoms with Gasteiger partial charge in [0.05, 0.1) is 10.7 Å². The third-order valence-electron chi connectivity index (χ3n) is 2.23. The van der Waals surface area contributed by atoms with Gasteiger partial charge in [0.1, 0.15) is 0 Å². The molecule has 15 heavy (non-hydrogen) atoms. The largest absolute Gasteiger partial charge is 0.382 e. The number of nitrogens with one attached hydrogen (secondary N) is 2. The third-order valence-corrected chi connectivity index (χ3v) is 2.54. The van der Waals surface area contributed by atoms with E-state index < -0.39 is 0 Å². The summed E-state index contributed by atoms with van der Waals surface area (Å²) in [5.74, 6) is -0.111. The molecule has 1 aromatic carbocycles. The van der Waals surface area contributed by atoms with Gasteiger partial charge < -0.3 is 10.6 Å². The van der Waals surface area contributed by atoms with Crippen molar-refractivity contribution in [3.05, 3.63) is 23.2 Å². The van der Waals surface area contributed by atoms with Crippen molar-refractivity contribution in [2.45, 2.75) is 25.8 Å². The standard InChI is InChI=1S/C11H13ClN2O/c1-7(15)13-11-5-4-9(6-10(11)12)14-8-2-3-8/h4-6,8,14H,2-3H2,1H3,(H,13,15). The molecule has 0 radical (unpaired) electrons. The van der Waals surface area contributed by atoms with Gasteiger partial charge in [0.25, 0.3) is 0 Å². The zero-order valence-corrected chi connectivity index (χ0v) is 9.27. The molecule has 0 unspecified atom stereocenters. The van der Waals surface area contributed by atoms with Crippen molar-refractivity contribution in [1.82, 2.24) is 0 Å². The van der Waals surface area contributed by atoms with E-state index in [0.29, 0.717) is 16.8 Å². The molecular weight excluding hydrogens is 212 g/mol. The second-order valence-electron chi connectivity index (χ2n) is 3.79. The second-order valence-corrected chi connectivity index (χ2v) is 4.20. The maximum absolute atomic E-state index is 10.9. The molecule has 2 N–H and O–H groups in total. The van der Waals surface area contributed by atoms with Crippen LogP contribution in [0.4, 0.5) is 11.4 Å². The first-order valence-electron chi connectivity index (χ1n) is 4.99. The van der Waals surface area contributed by atoms with E-state index in [1.165, 1.54) is 19.8 Å². The Bertz CT molecular complexity index is 388. The lowest BCUT2D eigenvalue weighted by atomic mass is 10.2. The highest BCUT2D eigenvalue weighted by Crippen LogP contribution is 2.29. The number of carbonyl (C=O) groups excluding carboxylic acids is 1. The van der Waals surface area contributed by atoms with Crippen LogP contribution in [0.15, 0.2) is 18.2 Å². The number of rotatable bonds is 3. The molecular formula is C11H13ClN2O. The van der Waals surface area contributed by atoms with Crippen LogP contribution in [-0.4, -0.2) is 11.9 Å². The third kappa shape index (κ3) is 2.86. The fourth-order valence-electron chi connectivity index (χ4n) is 1.36. The smallest absolute Gasteiger partial charge is 0.221 e. The Balaban J connectivity index is 2.10. The first-order chi connectivity index (χ1) is 7.15. The van der Waals surface area contributed by atoms with Crippen molar-refractivity contribution in [1.29, 1.82) is 0 Å². The minimum atomic E-state index is -0.111. The molecule has 3 nitrogen and oxygen atoms in total. The van der Waals surface area contributed by atoms with Crippen LogP contribution in [0.3, 0.4) is 0 Å². The van der Waals surface area contributed by atoms with Gasteiger partial charge in [-0.3, -0.25) is 4.79 Å². The quantitative estimate of drug-likeness (QED) is 0.829. The lowest BCUT2D eigenvalue weighted by Gasteiger charge is -2.08. The van der Waals surface area contributed by atoms with Crippen LogP contribution in [0.1, 0.15) is 19.8 Å². The van der Waals surface area contributed by atoms with E-state index in [0.717, 1.165) is 5.69 Å². The van der Waals surface area contributed by atoms with E-state index in [4.69, 9.17) is 11.6 Å². The van der Waals surface area contributed by atoms with Crippen LogP contribution >= 0.6 is 11.6 Å². The van der Waals surface area contributed by atoms with Crippen molar-refractivity contribution in [2.75, 3.05) is 10.6 Å². The van der Waals surface area contributed by atoms with Crippen LogP contribution in [0.25, 0.3) is 0 Å². The van der Waals surface area contributed by atoms with Gasteiger partial charge in [-0.1, -0.05) is 11.6 Å². The first kappa shape index (κ1) is 10.3. The van der Waals surface area contributed by atoms with Gasteiger partial charge in [0.2, 0.25) is 5.91 Å². The molecule has 0 heterocycles. The predicted octanol–water partition coefficient (Wildman–Crippen LogP) is 2.87. The van der Waals surface area contributed by atoms with E-state index in [-0.39, 0.29) is 5.91 Å². The number of hydrogen-bond acceptors (Lipinski definition) is 2. The van der Waals surface area contributed by atoms with Crippen molar-refractivity contribution < 1.29 is 4.79 Å². The molecule has 0 saturated heterocycles. The Morgan fingerprint density at radius 2 is 2.20 bits per heavy atom. The summed E-state index contributed by atoms with van der Waals surface area (Å²) in [5.41, 5.74) is 1.67. The van der Waals surface area contributed by atoms with Crippen LogP contribution < -0.4 is 10.6 Å². The molecule has 0 aromatic heterocycles. The number of anilines is 2. The van der Waals surface area contributed by atoms with Gasteiger partial charge in [-0.05, 0) is 31.0 Å².